The molecule has 1 aliphatic carbocycles. The zero-order chi connectivity index (χ0) is 25.2. The molecule has 0 unspecified atom stereocenters. The number of hydrogen-bond donors (Lipinski definition) is 2. The molecule has 0 aliphatic heterocycles. The largest absolute Gasteiger partial charge is 0.493 e. The number of nitrogens with one attached hydrogen (secondary N) is 2. The number of carbonyl (C=O) groups excluding carboxylic acids is 1. The molecule has 1 aliphatic rings. The van der Waals surface area contributed by atoms with Crippen molar-refractivity contribution in [2.75, 3.05) is 13.7 Å². The van der Waals surface area contributed by atoms with Gasteiger partial charge in [-0.25, -0.2) is 0 Å². The van der Waals surface area contributed by atoms with E-state index in [0.29, 0.717) is 30.3 Å². The summed E-state index contributed by atoms with van der Waals surface area (Å²) in [4.78, 5) is 20.3. The molecule has 7 nitrogen and oxygen atoms in total. The van der Waals surface area contributed by atoms with Gasteiger partial charge in [0.05, 0.1) is 24.6 Å². The lowest BCUT2D eigenvalue weighted by atomic mass is 10.1. The highest BCUT2D eigenvalue weighted by atomic mass is 16.5. The molecule has 2 heterocycles. The second-order valence-corrected chi connectivity index (χ2v) is 9.44. The van der Waals surface area contributed by atoms with Gasteiger partial charge in [0, 0.05) is 34.7 Å². The Labute approximate surface area is 214 Å². The molecule has 6 rings (SSSR count). The fraction of sp³-hybridized carbons (Fsp3) is 0.200. The summed E-state index contributed by atoms with van der Waals surface area (Å²) in [7, 11) is 1.61. The van der Waals surface area contributed by atoms with Crippen molar-refractivity contribution in [3.05, 3.63) is 90.8 Å². The van der Waals surface area contributed by atoms with E-state index in [1.807, 2.05) is 79.0 Å². The van der Waals surface area contributed by atoms with Crippen LogP contribution in [0.1, 0.15) is 18.4 Å². The van der Waals surface area contributed by atoms with Crippen molar-refractivity contribution in [1.82, 2.24) is 15.3 Å². The van der Waals surface area contributed by atoms with Gasteiger partial charge in [-0.3, -0.25) is 9.78 Å². The van der Waals surface area contributed by atoms with E-state index >= 15 is 0 Å². The Hall–Kier alpha value is -4.52. The number of carbonyl (C=O) groups is 1. The van der Waals surface area contributed by atoms with Gasteiger partial charge in [-0.2, -0.15) is 0 Å². The van der Waals surface area contributed by atoms with E-state index in [4.69, 9.17) is 14.2 Å². The first-order chi connectivity index (χ1) is 18.1. The quantitative estimate of drug-likeness (QED) is 0.272. The number of aromatic amines is 1. The van der Waals surface area contributed by atoms with E-state index < -0.39 is 0 Å². The number of fused-ring (bicyclic) bond motifs is 2. The van der Waals surface area contributed by atoms with Crippen LogP contribution in [0, 0.1) is 0 Å². The first kappa shape index (κ1) is 22.9. The van der Waals surface area contributed by atoms with Crippen LogP contribution in [0.4, 0.5) is 0 Å². The van der Waals surface area contributed by atoms with Crippen LogP contribution in [-0.4, -0.2) is 35.1 Å². The number of benzene rings is 3. The highest BCUT2D eigenvalue weighted by Crippen LogP contribution is 2.40. The normalized spacial score (nSPS) is 13.9. The molecular weight excluding hydrogens is 466 g/mol. The van der Waals surface area contributed by atoms with Gasteiger partial charge < -0.3 is 24.5 Å². The van der Waals surface area contributed by atoms with Crippen molar-refractivity contribution in [3.8, 4) is 23.0 Å². The monoisotopic (exact) mass is 493 g/mol. The Bertz CT molecular complexity index is 1570. The topological polar surface area (TPSA) is 85.5 Å². The van der Waals surface area contributed by atoms with Gasteiger partial charge in [0.1, 0.15) is 18.1 Å². The number of ether oxygens (including phenoxy) is 3. The van der Waals surface area contributed by atoms with Crippen LogP contribution in [-0.2, 0) is 11.2 Å². The smallest absolute Gasteiger partial charge is 0.224 e. The van der Waals surface area contributed by atoms with Gasteiger partial charge in [0.2, 0.25) is 5.91 Å². The van der Waals surface area contributed by atoms with Crippen LogP contribution < -0.4 is 19.5 Å². The second-order valence-electron chi connectivity index (χ2n) is 9.44. The molecule has 5 aromatic rings. The summed E-state index contributed by atoms with van der Waals surface area (Å²) in [6, 6.07) is 23.3. The number of hydrogen-bond acceptors (Lipinski definition) is 5. The van der Waals surface area contributed by atoms with Gasteiger partial charge in [0.25, 0.3) is 0 Å². The van der Waals surface area contributed by atoms with Crippen LogP contribution in [0.5, 0.6) is 23.0 Å². The highest BCUT2D eigenvalue weighted by Gasteiger charge is 2.45. The lowest BCUT2D eigenvalue weighted by Crippen LogP contribution is -2.42. The summed E-state index contributed by atoms with van der Waals surface area (Å²) < 4.78 is 18.1. The molecule has 1 amide bonds. The van der Waals surface area contributed by atoms with Crippen molar-refractivity contribution >= 4 is 27.7 Å². The lowest BCUT2D eigenvalue weighted by Gasteiger charge is -2.20. The molecule has 0 radical (unpaired) electrons. The maximum absolute atomic E-state index is 12.6. The van der Waals surface area contributed by atoms with E-state index in [1.165, 1.54) is 0 Å². The molecule has 0 atom stereocenters. The van der Waals surface area contributed by atoms with Crippen LogP contribution >= 0.6 is 0 Å². The third kappa shape index (κ3) is 4.93. The summed E-state index contributed by atoms with van der Waals surface area (Å²) in [5.41, 5.74) is 2.43. The number of H-pyrrole nitrogens is 1. The van der Waals surface area contributed by atoms with Gasteiger partial charge in [-0.05, 0) is 54.8 Å². The van der Waals surface area contributed by atoms with Gasteiger partial charge in [0.15, 0.2) is 11.5 Å². The summed E-state index contributed by atoms with van der Waals surface area (Å²) in [6.45, 7) is 0.363. The van der Waals surface area contributed by atoms with Crippen LogP contribution in [0.25, 0.3) is 21.8 Å². The van der Waals surface area contributed by atoms with E-state index in [-0.39, 0.29) is 11.4 Å². The number of rotatable bonds is 9. The summed E-state index contributed by atoms with van der Waals surface area (Å²) in [6.07, 6.45) is 5.74. The maximum atomic E-state index is 12.6. The third-order valence-corrected chi connectivity index (χ3v) is 6.71. The molecule has 0 bridgehead atoms. The number of nitrogens with zero attached hydrogens (tertiary/aromatic N) is 1. The predicted molar refractivity (Wildman–Crippen MR) is 142 cm³/mol. The predicted octanol–water partition coefficient (Wildman–Crippen LogP) is 5.79. The van der Waals surface area contributed by atoms with Crippen molar-refractivity contribution in [2.45, 2.75) is 24.8 Å². The molecule has 0 saturated heterocycles. The van der Waals surface area contributed by atoms with Crippen molar-refractivity contribution in [1.29, 1.82) is 0 Å². The highest BCUT2D eigenvalue weighted by molar-refractivity contribution is 5.89. The number of amides is 1. The summed E-state index contributed by atoms with van der Waals surface area (Å²) in [5, 5.41) is 5.06. The Morgan fingerprint density at radius 1 is 1.00 bits per heavy atom. The minimum atomic E-state index is -0.346. The minimum Gasteiger partial charge on any atom is -0.493 e. The lowest BCUT2D eigenvalue weighted by molar-refractivity contribution is -0.121. The minimum absolute atomic E-state index is 0.000870. The van der Waals surface area contributed by atoms with E-state index in [9.17, 15) is 4.79 Å². The molecule has 37 heavy (non-hydrogen) atoms. The first-order valence-electron chi connectivity index (χ1n) is 12.3. The first-order valence-corrected chi connectivity index (χ1v) is 12.3. The maximum Gasteiger partial charge on any atom is 0.224 e. The Kier molecular flexibility index (Phi) is 5.88. The molecular formula is C30H27N3O4. The molecule has 7 heteroatoms. The van der Waals surface area contributed by atoms with Crippen LogP contribution in [0.3, 0.4) is 0 Å². The molecule has 2 N–H and O–H groups in total. The Morgan fingerprint density at radius 2 is 1.86 bits per heavy atom. The Balaban J connectivity index is 1.18. The average molecular weight is 494 g/mol. The van der Waals surface area contributed by atoms with Gasteiger partial charge in [-0.15, -0.1) is 0 Å². The molecule has 186 valence electrons. The summed E-state index contributed by atoms with van der Waals surface area (Å²) >= 11 is 0. The average Bonchev–Trinajstić information content (AvgIpc) is 3.51. The van der Waals surface area contributed by atoms with E-state index in [1.54, 1.807) is 13.3 Å². The molecule has 2 aromatic heterocycles. The third-order valence-electron chi connectivity index (χ3n) is 6.71. The summed E-state index contributed by atoms with van der Waals surface area (Å²) in [5.74, 6) is 2.58. The molecule has 3 aromatic carbocycles. The molecule has 1 fully saturated rings. The number of pyridine rings is 1. The van der Waals surface area contributed by atoms with E-state index in [0.717, 1.165) is 46.0 Å². The zero-order valence-corrected chi connectivity index (χ0v) is 20.5. The van der Waals surface area contributed by atoms with Crippen molar-refractivity contribution in [3.63, 3.8) is 0 Å². The second kappa shape index (κ2) is 9.50. The fourth-order valence-electron chi connectivity index (χ4n) is 4.50. The fourth-order valence-corrected chi connectivity index (χ4v) is 4.50. The number of methoxy groups -OCH3 is 1. The van der Waals surface area contributed by atoms with Crippen LogP contribution in [0.15, 0.2) is 85.2 Å². The zero-order valence-electron chi connectivity index (χ0n) is 20.5. The SMILES string of the molecule is COc1cc2c(Oc3ccc4[nH]ccc4c3)ccnc2cc1OCC1(NC(=O)Cc2ccccc2)CC1. The molecule has 1 saturated carbocycles. The van der Waals surface area contributed by atoms with Gasteiger partial charge in [-0.1, -0.05) is 30.3 Å². The van der Waals surface area contributed by atoms with Gasteiger partial charge >= 0.3 is 0 Å². The van der Waals surface area contributed by atoms with Crippen molar-refractivity contribution < 1.29 is 19.0 Å². The van der Waals surface area contributed by atoms with E-state index in [2.05, 4.69) is 15.3 Å². The molecule has 0 spiro atoms. The number of aromatic nitrogens is 2. The van der Waals surface area contributed by atoms with Crippen molar-refractivity contribution in [2.24, 2.45) is 0 Å². The standard InChI is InChI=1S/C30H27N3O4/c1-35-27-17-23-25(32-14-10-26(23)37-22-7-8-24-21(16-22)9-13-31-24)18-28(27)36-19-30(11-12-30)33-29(34)15-20-5-3-2-4-6-20/h2-10,13-14,16-18,31H,11-12,15,19H2,1H3,(H,33,34). The van der Waals surface area contributed by atoms with Crippen LogP contribution in [0.2, 0.25) is 0 Å². The Morgan fingerprint density at radius 3 is 2.68 bits per heavy atom.